The molecule has 0 heterocycles. The second-order valence-corrected chi connectivity index (χ2v) is 12.5. The summed E-state index contributed by atoms with van der Waals surface area (Å²) >= 11 is 0. The number of carbonyl (C=O) groups is 2. The van der Waals surface area contributed by atoms with E-state index in [1.807, 2.05) is 0 Å². The summed E-state index contributed by atoms with van der Waals surface area (Å²) in [6, 6.07) is 0. The van der Waals surface area contributed by atoms with Crippen LogP contribution in [0.2, 0.25) is 0 Å². The number of hydrogen-bond donors (Lipinski definition) is 1. The smallest absolute Gasteiger partial charge is 0.305 e. The normalized spacial score (nSPS) is 12.2. The van der Waals surface area contributed by atoms with Crippen molar-refractivity contribution in [2.75, 3.05) is 6.61 Å². The zero-order valence-electron chi connectivity index (χ0n) is 27.6. The average molecular weight is 579 g/mol. The van der Waals surface area contributed by atoms with Crippen LogP contribution < -0.4 is 0 Å². The monoisotopic (exact) mass is 579 g/mol. The Morgan fingerprint density at radius 3 is 1.46 bits per heavy atom. The molecule has 0 bridgehead atoms. The number of carboxylic acids is 1. The number of aliphatic carboxylic acids is 1. The van der Waals surface area contributed by atoms with Gasteiger partial charge in [0.15, 0.2) is 0 Å². The maximum absolute atomic E-state index is 12.4. The molecule has 0 aromatic heterocycles. The van der Waals surface area contributed by atoms with Crippen LogP contribution >= 0.6 is 0 Å². The first-order valence-corrected chi connectivity index (χ1v) is 18.1. The largest absolute Gasteiger partial charge is 0.481 e. The van der Waals surface area contributed by atoms with Crippen molar-refractivity contribution in [3.05, 3.63) is 12.2 Å². The Balaban J connectivity index is 3.91. The number of carbonyl (C=O) groups excluding carboxylic acids is 1. The molecule has 4 nitrogen and oxygen atoms in total. The second-order valence-electron chi connectivity index (χ2n) is 12.5. The van der Waals surface area contributed by atoms with Gasteiger partial charge >= 0.3 is 11.9 Å². The topological polar surface area (TPSA) is 63.6 Å². The van der Waals surface area contributed by atoms with Gasteiger partial charge in [-0.2, -0.15) is 0 Å². The highest BCUT2D eigenvalue weighted by molar-refractivity contribution is 5.69. The van der Waals surface area contributed by atoms with Crippen LogP contribution in [0.1, 0.15) is 200 Å². The highest BCUT2D eigenvalue weighted by Gasteiger charge is 2.10. The average Bonchev–Trinajstić information content (AvgIpc) is 2.96. The molecular formula is C37H70O4. The van der Waals surface area contributed by atoms with E-state index in [0.29, 0.717) is 18.9 Å². The number of unbranched alkanes of at least 4 members (excludes halogenated alkanes) is 23. The molecule has 0 radical (unpaired) electrons. The van der Waals surface area contributed by atoms with Gasteiger partial charge in [-0.3, -0.25) is 9.59 Å². The number of hydrogen-bond acceptors (Lipinski definition) is 3. The molecule has 0 saturated heterocycles. The summed E-state index contributed by atoms with van der Waals surface area (Å²) in [5.41, 5.74) is 0. The van der Waals surface area contributed by atoms with Crippen molar-refractivity contribution >= 4 is 11.9 Å². The molecule has 0 saturated carbocycles. The molecule has 0 aliphatic carbocycles. The predicted octanol–water partition coefficient (Wildman–Crippen LogP) is 12.1. The second kappa shape index (κ2) is 33.2. The van der Waals surface area contributed by atoms with E-state index in [0.717, 1.165) is 51.4 Å². The van der Waals surface area contributed by atoms with Crippen LogP contribution in [0.3, 0.4) is 0 Å². The third-order valence-corrected chi connectivity index (χ3v) is 8.29. The number of rotatable bonds is 33. The highest BCUT2D eigenvalue weighted by atomic mass is 16.5. The van der Waals surface area contributed by atoms with E-state index in [-0.39, 0.29) is 12.4 Å². The Kier molecular flexibility index (Phi) is 32.1. The van der Waals surface area contributed by atoms with E-state index in [1.54, 1.807) is 0 Å². The lowest BCUT2D eigenvalue weighted by Gasteiger charge is -2.14. The molecule has 0 aromatic rings. The van der Waals surface area contributed by atoms with Crippen LogP contribution in [0.25, 0.3) is 0 Å². The fourth-order valence-corrected chi connectivity index (χ4v) is 5.52. The van der Waals surface area contributed by atoms with Gasteiger partial charge in [0.05, 0.1) is 6.61 Å². The summed E-state index contributed by atoms with van der Waals surface area (Å²) in [4.78, 5) is 23.0. The Hall–Kier alpha value is -1.32. The van der Waals surface area contributed by atoms with Crippen LogP contribution in [-0.2, 0) is 14.3 Å². The van der Waals surface area contributed by atoms with Crippen LogP contribution in [0, 0.1) is 5.92 Å². The minimum atomic E-state index is -0.698. The lowest BCUT2D eigenvalue weighted by Crippen LogP contribution is -2.13. The molecule has 0 fully saturated rings. The number of esters is 1. The summed E-state index contributed by atoms with van der Waals surface area (Å²) in [5, 5.41) is 8.74. The zero-order chi connectivity index (χ0) is 30.1. The molecule has 0 spiro atoms. The Bertz CT molecular complexity index is 585. The summed E-state index contributed by atoms with van der Waals surface area (Å²) < 4.78 is 5.71. The van der Waals surface area contributed by atoms with Crippen LogP contribution in [0.5, 0.6) is 0 Å². The van der Waals surface area contributed by atoms with Crippen molar-refractivity contribution < 1.29 is 19.4 Å². The van der Waals surface area contributed by atoms with E-state index in [1.165, 1.54) is 122 Å². The molecule has 1 unspecified atom stereocenters. The van der Waals surface area contributed by atoms with Crippen LogP contribution in [-0.4, -0.2) is 23.7 Å². The lowest BCUT2D eigenvalue weighted by atomic mass is 9.99. The van der Waals surface area contributed by atoms with E-state index < -0.39 is 5.97 Å². The minimum Gasteiger partial charge on any atom is -0.481 e. The van der Waals surface area contributed by atoms with Gasteiger partial charge in [0.25, 0.3) is 0 Å². The third kappa shape index (κ3) is 33.1. The van der Waals surface area contributed by atoms with Crippen molar-refractivity contribution in [2.24, 2.45) is 5.92 Å². The van der Waals surface area contributed by atoms with Crippen molar-refractivity contribution in [1.29, 1.82) is 0 Å². The Labute approximate surface area is 255 Å². The Morgan fingerprint density at radius 2 is 0.976 bits per heavy atom. The summed E-state index contributed by atoms with van der Waals surface area (Å²) in [5.74, 6) is -0.408. The van der Waals surface area contributed by atoms with Gasteiger partial charge in [-0.25, -0.2) is 0 Å². The first kappa shape index (κ1) is 39.7. The summed E-state index contributed by atoms with van der Waals surface area (Å²) in [7, 11) is 0. The quantitative estimate of drug-likeness (QED) is 0.0478. The van der Waals surface area contributed by atoms with Crippen molar-refractivity contribution in [3.63, 3.8) is 0 Å². The molecule has 242 valence electrons. The maximum Gasteiger partial charge on any atom is 0.305 e. The molecule has 0 aliphatic heterocycles. The molecule has 0 aromatic carbocycles. The van der Waals surface area contributed by atoms with Crippen LogP contribution in [0.4, 0.5) is 0 Å². The molecule has 0 rings (SSSR count). The first-order chi connectivity index (χ1) is 20.1. The standard InChI is InChI=1S/C37H70O4/c1-3-5-7-9-11-12-13-14-15-16-17-18-19-25-29-33-37(40)41-34-35(30-26-22-10-8-6-4-2)31-27-23-20-21-24-28-32-36(38)39/h27,31,35H,3-26,28-30,32-34H2,1-2H3,(H,38,39). The van der Waals surface area contributed by atoms with E-state index in [9.17, 15) is 9.59 Å². The van der Waals surface area contributed by atoms with Gasteiger partial charge in [0.1, 0.15) is 0 Å². The van der Waals surface area contributed by atoms with E-state index in [2.05, 4.69) is 26.0 Å². The highest BCUT2D eigenvalue weighted by Crippen LogP contribution is 2.17. The number of carboxylic acid groups (broad SMARTS) is 1. The van der Waals surface area contributed by atoms with E-state index in [4.69, 9.17) is 9.84 Å². The van der Waals surface area contributed by atoms with Crippen molar-refractivity contribution in [3.8, 4) is 0 Å². The SMILES string of the molecule is CCCCCCCCCCCCCCCCCC(=O)OCC(C=CCCCCCCC(=O)O)CCCCCCCC. The molecule has 0 aliphatic rings. The fourth-order valence-electron chi connectivity index (χ4n) is 5.52. The van der Waals surface area contributed by atoms with Crippen LogP contribution in [0.15, 0.2) is 12.2 Å². The summed E-state index contributed by atoms with van der Waals surface area (Å²) in [6.45, 7) is 5.05. The number of allylic oxidation sites excluding steroid dienone is 1. The zero-order valence-corrected chi connectivity index (χ0v) is 27.6. The molecule has 1 atom stereocenters. The lowest BCUT2D eigenvalue weighted by molar-refractivity contribution is -0.144. The minimum absolute atomic E-state index is 0.0283. The van der Waals surface area contributed by atoms with Gasteiger partial charge < -0.3 is 9.84 Å². The van der Waals surface area contributed by atoms with Gasteiger partial charge in [-0.15, -0.1) is 0 Å². The van der Waals surface area contributed by atoms with Gasteiger partial charge in [0, 0.05) is 18.8 Å². The van der Waals surface area contributed by atoms with E-state index >= 15 is 0 Å². The number of ether oxygens (including phenoxy) is 1. The maximum atomic E-state index is 12.4. The summed E-state index contributed by atoms with van der Waals surface area (Å²) in [6.07, 6.45) is 39.1. The molecular weight excluding hydrogens is 508 g/mol. The molecule has 4 heteroatoms. The van der Waals surface area contributed by atoms with Gasteiger partial charge in [-0.05, 0) is 32.1 Å². The molecule has 1 N–H and O–H groups in total. The molecule has 0 amide bonds. The van der Waals surface area contributed by atoms with Gasteiger partial charge in [-0.1, -0.05) is 167 Å². The van der Waals surface area contributed by atoms with Crippen molar-refractivity contribution in [2.45, 2.75) is 200 Å². The Morgan fingerprint density at radius 1 is 0.561 bits per heavy atom. The molecule has 41 heavy (non-hydrogen) atoms. The fraction of sp³-hybridized carbons (Fsp3) is 0.892. The predicted molar refractivity (Wildman–Crippen MR) is 176 cm³/mol. The third-order valence-electron chi connectivity index (χ3n) is 8.29. The first-order valence-electron chi connectivity index (χ1n) is 18.1. The van der Waals surface area contributed by atoms with Gasteiger partial charge in [0.2, 0.25) is 0 Å². The van der Waals surface area contributed by atoms with Crippen molar-refractivity contribution in [1.82, 2.24) is 0 Å².